The molecule has 1 fully saturated rings. The Morgan fingerprint density at radius 2 is 2.00 bits per heavy atom. The Bertz CT molecular complexity index is 172. The van der Waals surface area contributed by atoms with E-state index in [4.69, 9.17) is 0 Å². The smallest absolute Gasteiger partial charge is 0.317 e. The van der Waals surface area contributed by atoms with Crippen molar-refractivity contribution >= 4 is 0 Å². The second kappa shape index (κ2) is 6.38. The van der Waals surface area contributed by atoms with Crippen molar-refractivity contribution in [2.75, 3.05) is 13.1 Å². The first kappa shape index (κ1) is 12.8. The van der Waals surface area contributed by atoms with Crippen molar-refractivity contribution in [2.45, 2.75) is 58.3 Å². The fraction of sp³-hybridized carbons (Fsp3) is 1.00. The van der Waals surface area contributed by atoms with Crippen LogP contribution in [0.4, 0.5) is 8.78 Å². The molecule has 1 aliphatic rings. The van der Waals surface area contributed by atoms with Gasteiger partial charge < -0.3 is 4.74 Å². The number of alkyl halides is 2. The van der Waals surface area contributed by atoms with Gasteiger partial charge in [0.1, 0.15) is 0 Å². The van der Waals surface area contributed by atoms with Crippen LogP contribution >= 0.6 is 0 Å². The molecule has 0 aromatic rings. The SMILES string of the molecule is CCCCC(CC)N1CC(OC(F)F)C1. The van der Waals surface area contributed by atoms with Gasteiger partial charge in [-0.05, 0) is 12.8 Å². The molecule has 1 heterocycles. The van der Waals surface area contributed by atoms with Crippen LogP contribution < -0.4 is 0 Å². The summed E-state index contributed by atoms with van der Waals surface area (Å²) in [4.78, 5) is 2.25. The van der Waals surface area contributed by atoms with E-state index in [2.05, 4.69) is 23.5 Å². The summed E-state index contributed by atoms with van der Waals surface area (Å²) < 4.78 is 28.2. The minimum atomic E-state index is -2.62. The van der Waals surface area contributed by atoms with E-state index >= 15 is 0 Å². The van der Waals surface area contributed by atoms with E-state index in [1.807, 2.05) is 0 Å². The van der Waals surface area contributed by atoms with Crippen molar-refractivity contribution in [2.24, 2.45) is 0 Å². The number of rotatable bonds is 7. The van der Waals surface area contributed by atoms with Gasteiger partial charge in [0.15, 0.2) is 0 Å². The molecule has 0 aromatic carbocycles. The second-order valence-corrected chi connectivity index (χ2v) is 4.18. The summed E-state index contributed by atoms with van der Waals surface area (Å²) in [7, 11) is 0. The van der Waals surface area contributed by atoms with Gasteiger partial charge in [0.25, 0.3) is 0 Å². The molecule has 0 amide bonds. The highest BCUT2D eigenvalue weighted by molar-refractivity contribution is 4.85. The summed E-state index contributed by atoms with van der Waals surface area (Å²) in [6, 6.07) is 0.558. The van der Waals surface area contributed by atoms with Gasteiger partial charge in [0.05, 0.1) is 6.10 Å². The van der Waals surface area contributed by atoms with Crippen molar-refractivity contribution in [1.82, 2.24) is 4.90 Å². The fourth-order valence-electron chi connectivity index (χ4n) is 2.08. The lowest BCUT2D eigenvalue weighted by atomic mass is 10.0. The van der Waals surface area contributed by atoms with Crippen LogP contribution in [0, 0.1) is 0 Å². The Labute approximate surface area is 90.6 Å². The number of unbranched alkanes of at least 4 members (excludes halogenated alkanes) is 1. The van der Waals surface area contributed by atoms with Crippen LogP contribution in [0.25, 0.3) is 0 Å². The quantitative estimate of drug-likeness (QED) is 0.655. The van der Waals surface area contributed by atoms with Gasteiger partial charge in [-0.1, -0.05) is 26.7 Å². The molecule has 0 radical (unpaired) electrons. The maximum Gasteiger partial charge on any atom is 0.345 e. The van der Waals surface area contributed by atoms with E-state index in [1.54, 1.807) is 0 Å². The molecule has 4 heteroatoms. The number of ether oxygens (including phenoxy) is 1. The average molecular weight is 221 g/mol. The number of nitrogens with zero attached hydrogens (tertiary/aromatic N) is 1. The van der Waals surface area contributed by atoms with E-state index in [-0.39, 0.29) is 6.10 Å². The van der Waals surface area contributed by atoms with Crippen molar-refractivity contribution in [3.8, 4) is 0 Å². The molecule has 0 saturated carbocycles. The van der Waals surface area contributed by atoms with Crippen LogP contribution in [0.5, 0.6) is 0 Å². The first-order chi connectivity index (χ1) is 7.17. The van der Waals surface area contributed by atoms with Crippen molar-refractivity contribution in [3.63, 3.8) is 0 Å². The molecule has 15 heavy (non-hydrogen) atoms. The van der Waals surface area contributed by atoms with Crippen LogP contribution in [-0.4, -0.2) is 36.7 Å². The standard InChI is InChI=1S/C11H21F2NO/c1-3-5-6-9(4-2)14-7-10(8-14)15-11(12)13/h9-11H,3-8H2,1-2H3. The summed E-state index contributed by atoms with van der Waals surface area (Å²) in [5.74, 6) is 0. The molecule has 2 nitrogen and oxygen atoms in total. The van der Waals surface area contributed by atoms with Crippen LogP contribution in [0.3, 0.4) is 0 Å². The summed E-state index contributed by atoms with van der Waals surface area (Å²) in [5, 5.41) is 0. The highest BCUT2D eigenvalue weighted by Gasteiger charge is 2.33. The molecule has 0 aromatic heterocycles. The summed E-state index contributed by atoms with van der Waals surface area (Å²) >= 11 is 0. The van der Waals surface area contributed by atoms with Gasteiger partial charge in [-0.15, -0.1) is 0 Å². The first-order valence-corrected chi connectivity index (χ1v) is 5.85. The Morgan fingerprint density at radius 1 is 1.33 bits per heavy atom. The minimum absolute atomic E-state index is 0.249. The molecule has 1 saturated heterocycles. The van der Waals surface area contributed by atoms with Gasteiger partial charge in [-0.2, -0.15) is 8.78 Å². The average Bonchev–Trinajstić information content (AvgIpc) is 2.13. The van der Waals surface area contributed by atoms with E-state index < -0.39 is 6.61 Å². The van der Waals surface area contributed by atoms with E-state index in [0.29, 0.717) is 19.1 Å². The molecule has 1 aliphatic heterocycles. The molecule has 0 aliphatic carbocycles. The molecule has 0 bridgehead atoms. The van der Waals surface area contributed by atoms with Crippen LogP contribution in [0.1, 0.15) is 39.5 Å². The topological polar surface area (TPSA) is 12.5 Å². The van der Waals surface area contributed by atoms with Gasteiger partial charge in [-0.25, -0.2) is 0 Å². The zero-order chi connectivity index (χ0) is 11.3. The first-order valence-electron chi connectivity index (χ1n) is 5.85. The molecule has 90 valence electrons. The predicted molar refractivity (Wildman–Crippen MR) is 56.1 cm³/mol. The Hall–Kier alpha value is -0.220. The lowest BCUT2D eigenvalue weighted by molar-refractivity contribution is -0.201. The Kier molecular flexibility index (Phi) is 5.47. The summed E-state index contributed by atoms with van der Waals surface area (Å²) in [6.45, 7) is 3.06. The third-order valence-corrected chi connectivity index (χ3v) is 3.05. The lowest BCUT2D eigenvalue weighted by Gasteiger charge is -2.43. The predicted octanol–water partition coefficient (Wildman–Crippen LogP) is 2.88. The van der Waals surface area contributed by atoms with Crippen LogP contribution in [0.2, 0.25) is 0 Å². The second-order valence-electron chi connectivity index (χ2n) is 4.18. The number of halogens is 2. The highest BCUT2D eigenvalue weighted by atomic mass is 19.3. The largest absolute Gasteiger partial charge is 0.345 e. The zero-order valence-electron chi connectivity index (χ0n) is 9.59. The number of likely N-dealkylation sites (tertiary alicyclic amines) is 1. The van der Waals surface area contributed by atoms with Crippen LogP contribution in [-0.2, 0) is 4.74 Å². The number of hydrogen-bond donors (Lipinski definition) is 0. The highest BCUT2D eigenvalue weighted by Crippen LogP contribution is 2.22. The van der Waals surface area contributed by atoms with Gasteiger partial charge in [0, 0.05) is 19.1 Å². The van der Waals surface area contributed by atoms with Crippen LogP contribution in [0.15, 0.2) is 0 Å². The van der Waals surface area contributed by atoms with E-state index in [0.717, 1.165) is 6.42 Å². The van der Waals surface area contributed by atoms with E-state index in [9.17, 15) is 8.78 Å². The minimum Gasteiger partial charge on any atom is -0.317 e. The molecular weight excluding hydrogens is 200 g/mol. The summed E-state index contributed by atoms with van der Waals surface area (Å²) in [5.41, 5.74) is 0. The van der Waals surface area contributed by atoms with Gasteiger partial charge in [-0.3, -0.25) is 4.90 Å². The molecule has 1 atom stereocenters. The number of hydrogen-bond acceptors (Lipinski definition) is 2. The fourth-order valence-corrected chi connectivity index (χ4v) is 2.08. The monoisotopic (exact) mass is 221 g/mol. The third-order valence-electron chi connectivity index (χ3n) is 3.05. The van der Waals surface area contributed by atoms with E-state index in [1.165, 1.54) is 19.3 Å². The molecule has 0 N–H and O–H groups in total. The molecule has 1 unspecified atom stereocenters. The molecule has 0 spiro atoms. The van der Waals surface area contributed by atoms with Gasteiger partial charge >= 0.3 is 6.61 Å². The maximum atomic E-state index is 11.9. The maximum absolute atomic E-state index is 11.9. The lowest BCUT2D eigenvalue weighted by Crippen LogP contribution is -2.56. The van der Waals surface area contributed by atoms with Crippen molar-refractivity contribution < 1.29 is 13.5 Å². The molecular formula is C11H21F2NO. The molecule has 1 rings (SSSR count). The Balaban J connectivity index is 2.17. The van der Waals surface area contributed by atoms with Gasteiger partial charge in [0.2, 0.25) is 0 Å². The Morgan fingerprint density at radius 3 is 2.47 bits per heavy atom. The summed E-state index contributed by atoms with van der Waals surface area (Å²) in [6.07, 6.45) is 4.44. The van der Waals surface area contributed by atoms with Crippen molar-refractivity contribution in [3.05, 3.63) is 0 Å². The normalized spacial score (nSPS) is 20.6. The van der Waals surface area contributed by atoms with Crippen molar-refractivity contribution in [1.29, 1.82) is 0 Å². The third kappa shape index (κ3) is 4.03. The zero-order valence-corrected chi connectivity index (χ0v) is 9.59.